The second-order valence-electron chi connectivity index (χ2n) is 5.88. The minimum Gasteiger partial charge on any atom is -0.380 e. The number of hydrogen-bond acceptors (Lipinski definition) is 3. The quantitative estimate of drug-likeness (QED) is 0.737. The first-order valence-electron chi connectivity index (χ1n) is 7.88. The largest absolute Gasteiger partial charge is 0.380 e. The first-order chi connectivity index (χ1) is 8.90. The summed E-state index contributed by atoms with van der Waals surface area (Å²) in [6.07, 6.45) is 11.2. The number of rotatable bonds is 6. The van der Waals surface area contributed by atoms with Crippen molar-refractivity contribution in [3.8, 4) is 0 Å². The molecule has 0 spiro atoms. The molecule has 3 heteroatoms. The molecule has 0 aromatic heterocycles. The van der Waals surface area contributed by atoms with Gasteiger partial charge in [-0.2, -0.15) is 0 Å². The number of likely N-dealkylation sites (tertiary alicyclic amines) is 1. The molecule has 18 heavy (non-hydrogen) atoms. The molecule has 0 amide bonds. The van der Waals surface area contributed by atoms with Crippen LogP contribution in [0.1, 0.15) is 51.4 Å². The maximum absolute atomic E-state index is 5.58. The fourth-order valence-corrected chi connectivity index (χ4v) is 3.39. The second-order valence-corrected chi connectivity index (χ2v) is 5.88. The van der Waals surface area contributed by atoms with Crippen LogP contribution in [0, 0.1) is 0 Å². The molecule has 0 radical (unpaired) electrons. The number of piperidine rings is 1. The van der Waals surface area contributed by atoms with Crippen LogP contribution in [-0.4, -0.2) is 50.3 Å². The topological polar surface area (TPSA) is 24.5 Å². The minimum absolute atomic E-state index is 0.453. The molecule has 106 valence electrons. The van der Waals surface area contributed by atoms with E-state index in [1.165, 1.54) is 71.0 Å². The maximum atomic E-state index is 5.58. The molecule has 1 aliphatic carbocycles. The number of ether oxygens (including phenoxy) is 1. The lowest BCUT2D eigenvalue weighted by Gasteiger charge is -2.32. The summed E-state index contributed by atoms with van der Waals surface area (Å²) >= 11 is 0. The van der Waals surface area contributed by atoms with Crippen molar-refractivity contribution in [2.45, 2.75) is 63.5 Å². The highest BCUT2D eigenvalue weighted by molar-refractivity contribution is 4.81. The molecule has 3 nitrogen and oxygen atoms in total. The minimum atomic E-state index is 0.453. The molecule has 1 N–H and O–H groups in total. The Kier molecular flexibility index (Phi) is 6.46. The highest BCUT2D eigenvalue weighted by Gasteiger charge is 2.23. The third-order valence-corrected chi connectivity index (χ3v) is 4.51. The van der Waals surface area contributed by atoms with Crippen molar-refractivity contribution in [2.75, 3.05) is 33.3 Å². The summed E-state index contributed by atoms with van der Waals surface area (Å²) in [6.45, 7) is 5.08. The zero-order valence-corrected chi connectivity index (χ0v) is 12.0. The molecule has 2 atom stereocenters. The predicted octanol–water partition coefficient (Wildman–Crippen LogP) is 2.41. The average molecular weight is 254 g/mol. The van der Waals surface area contributed by atoms with E-state index in [4.69, 9.17) is 4.74 Å². The normalized spacial score (nSPS) is 30.5. The van der Waals surface area contributed by atoms with E-state index in [0.717, 1.165) is 6.54 Å². The van der Waals surface area contributed by atoms with Crippen molar-refractivity contribution >= 4 is 0 Å². The predicted molar refractivity (Wildman–Crippen MR) is 76.0 cm³/mol. The number of nitrogens with one attached hydrogen (secondary N) is 1. The molecule has 1 saturated heterocycles. The van der Waals surface area contributed by atoms with Gasteiger partial charge in [0.2, 0.25) is 0 Å². The lowest BCUT2D eigenvalue weighted by molar-refractivity contribution is 0.0416. The Morgan fingerprint density at radius 1 is 1.06 bits per heavy atom. The Hall–Kier alpha value is -0.120. The second kappa shape index (κ2) is 8.13. The summed E-state index contributed by atoms with van der Waals surface area (Å²) in [7, 11) is 1.86. The molecular formula is C15H30N2O. The van der Waals surface area contributed by atoms with Crippen molar-refractivity contribution in [1.29, 1.82) is 0 Å². The maximum Gasteiger partial charge on any atom is 0.0724 e. The van der Waals surface area contributed by atoms with Gasteiger partial charge in [-0.3, -0.25) is 0 Å². The van der Waals surface area contributed by atoms with Crippen LogP contribution < -0.4 is 5.32 Å². The van der Waals surface area contributed by atoms with E-state index in [0.29, 0.717) is 12.1 Å². The molecule has 0 aromatic rings. The fourth-order valence-electron chi connectivity index (χ4n) is 3.39. The lowest BCUT2D eigenvalue weighted by atomic mass is 9.92. The van der Waals surface area contributed by atoms with Crippen LogP contribution in [0.4, 0.5) is 0 Å². The Bertz CT molecular complexity index is 217. The van der Waals surface area contributed by atoms with Gasteiger partial charge in [0.15, 0.2) is 0 Å². The Morgan fingerprint density at radius 2 is 1.83 bits per heavy atom. The highest BCUT2D eigenvalue weighted by atomic mass is 16.5. The Balaban J connectivity index is 1.56. The summed E-state index contributed by atoms with van der Waals surface area (Å²) in [4.78, 5) is 2.62. The third-order valence-electron chi connectivity index (χ3n) is 4.51. The van der Waals surface area contributed by atoms with Gasteiger partial charge >= 0.3 is 0 Å². The van der Waals surface area contributed by atoms with E-state index in [-0.39, 0.29) is 0 Å². The molecule has 2 fully saturated rings. The molecule has 1 heterocycles. The van der Waals surface area contributed by atoms with Crippen LogP contribution in [0.5, 0.6) is 0 Å². The molecule has 1 aliphatic heterocycles. The van der Waals surface area contributed by atoms with Crippen molar-refractivity contribution in [1.82, 2.24) is 10.2 Å². The summed E-state index contributed by atoms with van der Waals surface area (Å²) < 4.78 is 5.58. The molecule has 2 aliphatic rings. The van der Waals surface area contributed by atoms with E-state index >= 15 is 0 Å². The van der Waals surface area contributed by atoms with Crippen LogP contribution >= 0.6 is 0 Å². The summed E-state index contributed by atoms with van der Waals surface area (Å²) in [5, 5.41) is 3.71. The van der Waals surface area contributed by atoms with Crippen LogP contribution in [-0.2, 0) is 4.74 Å². The van der Waals surface area contributed by atoms with Gasteiger partial charge in [0, 0.05) is 13.2 Å². The number of methoxy groups -OCH3 is 1. The zero-order chi connectivity index (χ0) is 12.6. The van der Waals surface area contributed by atoms with Gasteiger partial charge in [-0.15, -0.1) is 0 Å². The van der Waals surface area contributed by atoms with Crippen LogP contribution in [0.25, 0.3) is 0 Å². The van der Waals surface area contributed by atoms with Gasteiger partial charge in [-0.05, 0) is 58.3 Å². The number of hydrogen-bond donors (Lipinski definition) is 1. The zero-order valence-electron chi connectivity index (χ0n) is 12.0. The standard InChI is InChI=1S/C15H30N2O/c1-18-15-9-4-3-8-14(15)16-10-7-13-17-11-5-2-6-12-17/h14-16H,2-13H2,1H3. The molecule has 2 unspecified atom stereocenters. The van der Waals surface area contributed by atoms with Crippen molar-refractivity contribution < 1.29 is 4.74 Å². The SMILES string of the molecule is COC1CCCCC1NCCCN1CCCCC1. The fraction of sp³-hybridized carbons (Fsp3) is 1.00. The third kappa shape index (κ3) is 4.52. The molecule has 1 saturated carbocycles. The molecular weight excluding hydrogens is 224 g/mol. The summed E-state index contributed by atoms with van der Waals surface area (Å²) in [5.74, 6) is 0. The average Bonchev–Trinajstić information content (AvgIpc) is 2.45. The van der Waals surface area contributed by atoms with Gasteiger partial charge in [0.25, 0.3) is 0 Å². The lowest BCUT2D eigenvalue weighted by Crippen LogP contribution is -2.44. The monoisotopic (exact) mass is 254 g/mol. The van der Waals surface area contributed by atoms with Crippen molar-refractivity contribution in [2.24, 2.45) is 0 Å². The highest BCUT2D eigenvalue weighted by Crippen LogP contribution is 2.20. The van der Waals surface area contributed by atoms with Crippen molar-refractivity contribution in [3.63, 3.8) is 0 Å². The van der Waals surface area contributed by atoms with E-state index in [2.05, 4.69) is 10.2 Å². The van der Waals surface area contributed by atoms with Gasteiger partial charge in [0.05, 0.1) is 6.10 Å². The Morgan fingerprint density at radius 3 is 2.61 bits per heavy atom. The van der Waals surface area contributed by atoms with Gasteiger partial charge in [-0.1, -0.05) is 19.3 Å². The van der Waals surface area contributed by atoms with Gasteiger partial charge < -0.3 is 15.0 Å². The summed E-state index contributed by atoms with van der Waals surface area (Å²) in [6, 6.07) is 0.602. The van der Waals surface area contributed by atoms with Gasteiger partial charge in [0.1, 0.15) is 0 Å². The molecule has 0 aromatic carbocycles. The van der Waals surface area contributed by atoms with Crippen LogP contribution in [0.2, 0.25) is 0 Å². The van der Waals surface area contributed by atoms with Crippen molar-refractivity contribution in [3.05, 3.63) is 0 Å². The summed E-state index contributed by atoms with van der Waals surface area (Å²) in [5.41, 5.74) is 0. The molecule has 2 rings (SSSR count). The van der Waals surface area contributed by atoms with E-state index in [1.807, 2.05) is 7.11 Å². The van der Waals surface area contributed by atoms with E-state index in [1.54, 1.807) is 0 Å². The van der Waals surface area contributed by atoms with Crippen LogP contribution in [0.15, 0.2) is 0 Å². The van der Waals surface area contributed by atoms with E-state index in [9.17, 15) is 0 Å². The molecule has 0 bridgehead atoms. The first kappa shape index (κ1) is 14.3. The first-order valence-corrected chi connectivity index (χ1v) is 7.88. The Labute approximate surface area is 112 Å². The van der Waals surface area contributed by atoms with E-state index < -0.39 is 0 Å². The van der Waals surface area contributed by atoms with Crippen LogP contribution in [0.3, 0.4) is 0 Å². The smallest absolute Gasteiger partial charge is 0.0724 e. The number of nitrogens with zero attached hydrogens (tertiary/aromatic N) is 1. The van der Waals surface area contributed by atoms with Gasteiger partial charge in [-0.25, -0.2) is 0 Å².